The van der Waals surface area contributed by atoms with Crippen LogP contribution in [0.2, 0.25) is 0 Å². The molecular weight excluding hydrogens is 260 g/mol. The normalized spacial score (nSPS) is 18.6. The number of carbonyl (C=O) groups is 2. The number of aliphatic carboxylic acids is 1. The van der Waals surface area contributed by atoms with E-state index in [1.54, 1.807) is 23.2 Å². The Balaban J connectivity index is 2.03. The van der Waals surface area contributed by atoms with Crippen molar-refractivity contribution < 1.29 is 19.4 Å². The Hall–Kier alpha value is -2.11. The second-order valence-electron chi connectivity index (χ2n) is 5.18. The molecule has 1 N–H and O–H groups in total. The fourth-order valence-corrected chi connectivity index (χ4v) is 2.17. The van der Waals surface area contributed by atoms with Gasteiger partial charge in [0.1, 0.15) is 0 Å². The molecule has 0 bridgehead atoms. The predicted molar refractivity (Wildman–Crippen MR) is 71.2 cm³/mol. The zero-order valence-electron chi connectivity index (χ0n) is 11.6. The monoisotopic (exact) mass is 278 g/mol. The minimum absolute atomic E-state index is 0.0301. The summed E-state index contributed by atoms with van der Waals surface area (Å²) in [7, 11) is 0. The molecule has 1 amide bonds. The van der Waals surface area contributed by atoms with Gasteiger partial charge in [0, 0.05) is 31.8 Å². The van der Waals surface area contributed by atoms with Crippen molar-refractivity contribution in [2.45, 2.75) is 32.9 Å². The van der Waals surface area contributed by atoms with Crippen LogP contribution in [0.15, 0.2) is 18.3 Å². The van der Waals surface area contributed by atoms with Gasteiger partial charge in [0.15, 0.2) is 0 Å². The number of rotatable bonds is 5. The lowest BCUT2D eigenvalue weighted by molar-refractivity contribution is -0.141. The molecule has 0 saturated carbocycles. The molecule has 1 aromatic heterocycles. The van der Waals surface area contributed by atoms with Crippen molar-refractivity contribution >= 4 is 11.9 Å². The average molecular weight is 278 g/mol. The first-order valence-corrected chi connectivity index (χ1v) is 6.58. The Bertz CT molecular complexity index is 516. The van der Waals surface area contributed by atoms with E-state index >= 15 is 0 Å². The van der Waals surface area contributed by atoms with E-state index in [0.717, 1.165) is 5.56 Å². The maximum atomic E-state index is 11.8. The second-order valence-corrected chi connectivity index (χ2v) is 5.18. The SMILES string of the molecule is CC(C)Oc1cc(CN2CC(C(=O)O)CC2=O)ccn1. The predicted octanol–water partition coefficient (Wildman–Crippen LogP) is 1.30. The summed E-state index contributed by atoms with van der Waals surface area (Å²) in [5.41, 5.74) is 0.884. The van der Waals surface area contributed by atoms with Gasteiger partial charge in [0.25, 0.3) is 0 Å². The zero-order valence-corrected chi connectivity index (χ0v) is 11.6. The highest BCUT2D eigenvalue weighted by Gasteiger charge is 2.34. The number of amides is 1. The summed E-state index contributed by atoms with van der Waals surface area (Å²) >= 11 is 0. The number of hydrogen-bond donors (Lipinski definition) is 1. The van der Waals surface area contributed by atoms with E-state index in [9.17, 15) is 9.59 Å². The Labute approximate surface area is 117 Å². The minimum atomic E-state index is -0.917. The van der Waals surface area contributed by atoms with Crippen LogP contribution in [0.5, 0.6) is 5.88 Å². The van der Waals surface area contributed by atoms with Gasteiger partial charge in [-0.1, -0.05) is 0 Å². The molecule has 0 spiro atoms. The van der Waals surface area contributed by atoms with E-state index in [-0.39, 0.29) is 25.0 Å². The smallest absolute Gasteiger partial charge is 0.308 e. The molecule has 0 radical (unpaired) electrons. The number of pyridine rings is 1. The minimum Gasteiger partial charge on any atom is -0.481 e. The third-order valence-corrected chi connectivity index (χ3v) is 3.09. The number of ether oxygens (including phenoxy) is 1. The summed E-state index contributed by atoms with van der Waals surface area (Å²) in [6.07, 6.45) is 1.74. The van der Waals surface area contributed by atoms with Gasteiger partial charge in [-0.3, -0.25) is 9.59 Å². The molecular formula is C14H18N2O4. The van der Waals surface area contributed by atoms with E-state index in [1.807, 2.05) is 13.8 Å². The van der Waals surface area contributed by atoms with Gasteiger partial charge >= 0.3 is 5.97 Å². The van der Waals surface area contributed by atoms with Gasteiger partial charge < -0.3 is 14.7 Å². The zero-order chi connectivity index (χ0) is 14.7. The van der Waals surface area contributed by atoms with Crippen molar-refractivity contribution in [1.29, 1.82) is 0 Å². The van der Waals surface area contributed by atoms with Crippen LogP contribution in [-0.4, -0.2) is 39.5 Å². The number of aromatic nitrogens is 1. The van der Waals surface area contributed by atoms with Crippen LogP contribution in [0.1, 0.15) is 25.8 Å². The third kappa shape index (κ3) is 3.46. The lowest BCUT2D eigenvalue weighted by Gasteiger charge is -2.16. The van der Waals surface area contributed by atoms with E-state index in [4.69, 9.17) is 9.84 Å². The van der Waals surface area contributed by atoms with Crippen molar-refractivity contribution in [2.24, 2.45) is 5.92 Å². The third-order valence-electron chi connectivity index (χ3n) is 3.09. The number of nitrogens with zero attached hydrogens (tertiary/aromatic N) is 2. The molecule has 1 aliphatic heterocycles. The van der Waals surface area contributed by atoms with Gasteiger partial charge in [-0.05, 0) is 25.5 Å². The summed E-state index contributed by atoms with van der Waals surface area (Å²) in [4.78, 5) is 28.3. The van der Waals surface area contributed by atoms with Crippen LogP contribution in [0, 0.1) is 5.92 Å². The van der Waals surface area contributed by atoms with E-state index in [0.29, 0.717) is 12.4 Å². The van der Waals surface area contributed by atoms with Crippen molar-refractivity contribution in [3.63, 3.8) is 0 Å². The molecule has 1 aliphatic rings. The van der Waals surface area contributed by atoms with E-state index in [1.165, 1.54) is 0 Å². The van der Waals surface area contributed by atoms with Crippen LogP contribution in [0.3, 0.4) is 0 Å². The van der Waals surface area contributed by atoms with Gasteiger partial charge in [0.05, 0.1) is 12.0 Å². The first kappa shape index (κ1) is 14.3. The van der Waals surface area contributed by atoms with Crippen LogP contribution in [0.4, 0.5) is 0 Å². The van der Waals surface area contributed by atoms with Crippen molar-refractivity contribution in [2.75, 3.05) is 6.54 Å². The van der Waals surface area contributed by atoms with Gasteiger partial charge in [-0.2, -0.15) is 0 Å². The summed E-state index contributed by atoms with van der Waals surface area (Å²) in [5, 5.41) is 8.95. The largest absolute Gasteiger partial charge is 0.481 e. The molecule has 1 atom stereocenters. The molecule has 20 heavy (non-hydrogen) atoms. The maximum absolute atomic E-state index is 11.8. The van der Waals surface area contributed by atoms with E-state index < -0.39 is 11.9 Å². The maximum Gasteiger partial charge on any atom is 0.308 e. The van der Waals surface area contributed by atoms with Crippen molar-refractivity contribution in [3.05, 3.63) is 23.9 Å². The molecule has 1 saturated heterocycles. The average Bonchev–Trinajstić information content (AvgIpc) is 2.71. The molecule has 108 valence electrons. The molecule has 2 rings (SSSR count). The standard InChI is InChI=1S/C14H18N2O4/c1-9(2)20-12-5-10(3-4-15-12)7-16-8-11(14(18)19)6-13(16)17/h3-5,9,11H,6-8H2,1-2H3,(H,18,19). The summed E-state index contributed by atoms with van der Waals surface area (Å²) < 4.78 is 5.50. The molecule has 1 fully saturated rings. The number of carboxylic acid groups (broad SMARTS) is 1. The topological polar surface area (TPSA) is 79.7 Å². The number of hydrogen-bond acceptors (Lipinski definition) is 4. The molecule has 2 heterocycles. The Kier molecular flexibility index (Phi) is 4.22. The Morgan fingerprint density at radius 3 is 2.95 bits per heavy atom. The highest BCUT2D eigenvalue weighted by atomic mass is 16.5. The highest BCUT2D eigenvalue weighted by molar-refractivity contribution is 5.86. The Morgan fingerprint density at radius 1 is 1.60 bits per heavy atom. The molecule has 0 aliphatic carbocycles. The van der Waals surface area contributed by atoms with E-state index in [2.05, 4.69) is 4.98 Å². The van der Waals surface area contributed by atoms with Crippen LogP contribution < -0.4 is 4.74 Å². The fourth-order valence-electron chi connectivity index (χ4n) is 2.17. The quantitative estimate of drug-likeness (QED) is 0.878. The summed E-state index contributed by atoms with van der Waals surface area (Å²) in [6.45, 7) is 4.47. The lowest BCUT2D eigenvalue weighted by Crippen LogP contribution is -2.25. The molecule has 6 nitrogen and oxygen atoms in total. The molecule has 1 unspecified atom stereocenters. The molecule has 6 heteroatoms. The molecule has 0 aromatic carbocycles. The second kappa shape index (κ2) is 5.90. The van der Waals surface area contributed by atoms with Gasteiger partial charge in [0.2, 0.25) is 11.8 Å². The summed E-state index contributed by atoms with van der Waals surface area (Å²) in [6, 6.07) is 3.58. The first-order valence-electron chi connectivity index (χ1n) is 6.58. The number of likely N-dealkylation sites (tertiary alicyclic amines) is 1. The molecule has 1 aromatic rings. The van der Waals surface area contributed by atoms with Crippen molar-refractivity contribution in [3.8, 4) is 5.88 Å². The summed E-state index contributed by atoms with van der Waals surface area (Å²) in [5.74, 6) is -1.13. The van der Waals surface area contributed by atoms with Crippen LogP contribution in [0.25, 0.3) is 0 Å². The first-order chi connectivity index (χ1) is 9.45. The number of carboxylic acids is 1. The van der Waals surface area contributed by atoms with Crippen LogP contribution in [-0.2, 0) is 16.1 Å². The van der Waals surface area contributed by atoms with Crippen LogP contribution >= 0.6 is 0 Å². The van der Waals surface area contributed by atoms with Gasteiger partial charge in [-0.15, -0.1) is 0 Å². The van der Waals surface area contributed by atoms with Gasteiger partial charge in [-0.25, -0.2) is 4.98 Å². The van der Waals surface area contributed by atoms with Crippen molar-refractivity contribution in [1.82, 2.24) is 9.88 Å². The highest BCUT2D eigenvalue weighted by Crippen LogP contribution is 2.21. The number of carbonyl (C=O) groups excluding carboxylic acids is 1. The Morgan fingerprint density at radius 2 is 2.35 bits per heavy atom. The lowest BCUT2D eigenvalue weighted by atomic mass is 10.1. The fraction of sp³-hybridized carbons (Fsp3) is 0.500.